The van der Waals surface area contributed by atoms with Crippen molar-refractivity contribution in [2.45, 2.75) is 19.3 Å². The molecule has 0 spiro atoms. The normalized spacial score (nSPS) is 10.2. The Morgan fingerprint density at radius 2 is 2.19 bits per heavy atom. The van der Waals surface area contributed by atoms with Crippen LogP contribution < -0.4 is 11.1 Å². The van der Waals surface area contributed by atoms with E-state index in [0.717, 1.165) is 25.2 Å². The maximum Gasteiger partial charge on any atom is 0.303 e. The van der Waals surface area contributed by atoms with Crippen molar-refractivity contribution in [3.05, 3.63) is 29.8 Å². The monoisotopic (exact) mass is 222 g/mol. The van der Waals surface area contributed by atoms with Gasteiger partial charge >= 0.3 is 5.97 Å². The second-order valence-electron chi connectivity index (χ2n) is 3.74. The minimum atomic E-state index is -0.738. The molecule has 4 N–H and O–H groups in total. The molecule has 1 aromatic rings. The molecular formula is C12H18N2O2. The minimum absolute atomic E-state index is 0.227. The summed E-state index contributed by atoms with van der Waals surface area (Å²) in [6, 6.07) is 7.80. The number of carboxylic acid groups (broad SMARTS) is 1. The first kappa shape index (κ1) is 12.5. The Morgan fingerprint density at radius 1 is 1.38 bits per heavy atom. The van der Waals surface area contributed by atoms with E-state index in [9.17, 15) is 4.79 Å². The van der Waals surface area contributed by atoms with Crippen LogP contribution in [0.25, 0.3) is 0 Å². The van der Waals surface area contributed by atoms with Gasteiger partial charge in [0.25, 0.3) is 0 Å². The van der Waals surface area contributed by atoms with Gasteiger partial charge in [-0.15, -0.1) is 0 Å². The van der Waals surface area contributed by atoms with Gasteiger partial charge in [-0.1, -0.05) is 12.1 Å². The van der Waals surface area contributed by atoms with E-state index in [0.29, 0.717) is 6.42 Å². The first-order valence-corrected chi connectivity index (χ1v) is 5.45. The van der Waals surface area contributed by atoms with E-state index in [-0.39, 0.29) is 6.42 Å². The highest BCUT2D eigenvalue weighted by atomic mass is 16.4. The molecule has 1 aromatic carbocycles. The van der Waals surface area contributed by atoms with Gasteiger partial charge in [-0.05, 0) is 43.6 Å². The van der Waals surface area contributed by atoms with Crippen LogP contribution in [0, 0.1) is 0 Å². The number of aliphatic carboxylic acids is 1. The molecule has 0 bridgehead atoms. The molecule has 0 atom stereocenters. The lowest BCUT2D eigenvalue weighted by Gasteiger charge is -2.04. The molecular weight excluding hydrogens is 204 g/mol. The lowest BCUT2D eigenvalue weighted by Crippen LogP contribution is -2.19. The molecule has 0 aliphatic heterocycles. The highest BCUT2D eigenvalue weighted by molar-refractivity contribution is 5.66. The maximum absolute atomic E-state index is 10.2. The Hall–Kier alpha value is -1.55. The van der Waals surface area contributed by atoms with Crippen molar-refractivity contribution in [1.82, 2.24) is 5.32 Å². The summed E-state index contributed by atoms with van der Waals surface area (Å²) in [4.78, 5) is 10.2. The Bertz CT molecular complexity index is 340. The average molecular weight is 222 g/mol. The van der Waals surface area contributed by atoms with Gasteiger partial charge in [0.15, 0.2) is 0 Å². The third kappa shape index (κ3) is 5.36. The zero-order valence-corrected chi connectivity index (χ0v) is 9.28. The highest BCUT2D eigenvalue weighted by Gasteiger charge is 1.96. The zero-order valence-electron chi connectivity index (χ0n) is 9.28. The summed E-state index contributed by atoms with van der Waals surface area (Å²) < 4.78 is 0. The molecule has 0 aliphatic rings. The van der Waals surface area contributed by atoms with Gasteiger partial charge in [-0.3, -0.25) is 4.79 Å². The van der Waals surface area contributed by atoms with Gasteiger partial charge in [0.1, 0.15) is 0 Å². The van der Waals surface area contributed by atoms with Crippen molar-refractivity contribution in [2.24, 2.45) is 0 Å². The van der Waals surface area contributed by atoms with Crippen molar-refractivity contribution in [3.8, 4) is 0 Å². The maximum atomic E-state index is 10.2. The van der Waals surface area contributed by atoms with Crippen LogP contribution in [0.5, 0.6) is 0 Å². The van der Waals surface area contributed by atoms with Crippen LogP contribution in [-0.4, -0.2) is 24.2 Å². The van der Waals surface area contributed by atoms with Gasteiger partial charge in [-0.2, -0.15) is 0 Å². The molecule has 0 saturated carbocycles. The van der Waals surface area contributed by atoms with Crippen LogP contribution in [-0.2, 0) is 11.2 Å². The highest BCUT2D eigenvalue weighted by Crippen LogP contribution is 2.06. The van der Waals surface area contributed by atoms with Crippen molar-refractivity contribution < 1.29 is 9.90 Å². The minimum Gasteiger partial charge on any atom is -0.481 e. The Balaban J connectivity index is 2.09. The summed E-state index contributed by atoms with van der Waals surface area (Å²) in [7, 11) is 0. The summed E-state index contributed by atoms with van der Waals surface area (Å²) >= 11 is 0. The van der Waals surface area contributed by atoms with E-state index in [1.54, 1.807) is 0 Å². The molecule has 0 fully saturated rings. The number of nitrogen functional groups attached to an aromatic ring is 1. The van der Waals surface area contributed by atoms with Gasteiger partial charge in [0.2, 0.25) is 0 Å². The van der Waals surface area contributed by atoms with E-state index >= 15 is 0 Å². The number of hydrogen-bond donors (Lipinski definition) is 3. The second-order valence-corrected chi connectivity index (χ2v) is 3.74. The number of benzene rings is 1. The molecule has 1 rings (SSSR count). The molecule has 16 heavy (non-hydrogen) atoms. The Morgan fingerprint density at radius 3 is 2.88 bits per heavy atom. The summed E-state index contributed by atoms with van der Waals surface area (Å²) in [5.41, 5.74) is 7.64. The molecule has 0 aromatic heterocycles. The molecule has 0 amide bonds. The third-order valence-corrected chi connectivity index (χ3v) is 2.29. The smallest absolute Gasteiger partial charge is 0.303 e. The molecule has 0 radical (unpaired) electrons. The first-order chi connectivity index (χ1) is 7.68. The van der Waals surface area contributed by atoms with Crippen molar-refractivity contribution in [1.29, 1.82) is 0 Å². The summed E-state index contributed by atoms with van der Waals surface area (Å²) in [5, 5.41) is 11.6. The average Bonchev–Trinajstić information content (AvgIpc) is 2.23. The van der Waals surface area contributed by atoms with Crippen LogP contribution in [0.3, 0.4) is 0 Å². The predicted octanol–water partition coefficient (Wildman–Crippen LogP) is 1.27. The number of nitrogens with two attached hydrogens (primary N) is 1. The topological polar surface area (TPSA) is 75.3 Å². The first-order valence-electron chi connectivity index (χ1n) is 5.45. The fraction of sp³-hybridized carbons (Fsp3) is 0.417. The molecule has 0 aliphatic carbocycles. The molecule has 0 heterocycles. The summed E-state index contributed by atoms with van der Waals surface area (Å²) in [5.74, 6) is -0.738. The lowest BCUT2D eigenvalue weighted by molar-refractivity contribution is -0.137. The van der Waals surface area contributed by atoms with Crippen LogP contribution in [0.15, 0.2) is 24.3 Å². The van der Waals surface area contributed by atoms with E-state index in [1.807, 2.05) is 24.3 Å². The SMILES string of the molecule is Nc1cccc(CCNCCCC(=O)O)c1. The third-order valence-electron chi connectivity index (χ3n) is 2.29. The van der Waals surface area contributed by atoms with Crippen LogP contribution in [0.1, 0.15) is 18.4 Å². The molecule has 4 heteroatoms. The number of anilines is 1. The van der Waals surface area contributed by atoms with Crippen LogP contribution in [0.2, 0.25) is 0 Å². The van der Waals surface area contributed by atoms with E-state index in [4.69, 9.17) is 10.8 Å². The van der Waals surface area contributed by atoms with Gasteiger partial charge in [0.05, 0.1) is 0 Å². The molecule has 4 nitrogen and oxygen atoms in total. The summed E-state index contributed by atoms with van der Waals surface area (Å²) in [6.45, 7) is 1.59. The van der Waals surface area contributed by atoms with E-state index < -0.39 is 5.97 Å². The van der Waals surface area contributed by atoms with Gasteiger partial charge < -0.3 is 16.2 Å². The molecule has 88 valence electrons. The van der Waals surface area contributed by atoms with E-state index in [1.165, 1.54) is 5.56 Å². The lowest BCUT2D eigenvalue weighted by atomic mass is 10.1. The Labute approximate surface area is 95.5 Å². The van der Waals surface area contributed by atoms with Gasteiger partial charge in [0, 0.05) is 12.1 Å². The van der Waals surface area contributed by atoms with Crippen molar-refractivity contribution in [3.63, 3.8) is 0 Å². The fourth-order valence-corrected chi connectivity index (χ4v) is 1.47. The molecule has 0 saturated heterocycles. The molecule has 0 unspecified atom stereocenters. The standard InChI is InChI=1S/C12H18N2O2/c13-11-4-1-3-10(9-11)6-8-14-7-2-5-12(15)16/h1,3-4,9,14H,2,5-8,13H2,(H,15,16). The van der Waals surface area contributed by atoms with Crippen LogP contribution in [0.4, 0.5) is 5.69 Å². The van der Waals surface area contributed by atoms with Crippen molar-refractivity contribution in [2.75, 3.05) is 18.8 Å². The zero-order chi connectivity index (χ0) is 11.8. The van der Waals surface area contributed by atoms with Crippen molar-refractivity contribution >= 4 is 11.7 Å². The van der Waals surface area contributed by atoms with Crippen LogP contribution >= 0.6 is 0 Å². The fourth-order valence-electron chi connectivity index (χ4n) is 1.47. The number of rotatable bonds is 7. The Kier molecular flexibility index (Phi) is 5.36. The number of hydrogen-bond acceptors (Lipinski definition) is 3. The van der Waals surface area contributed by atoms with Gasteiger partial charge in [-0.25, -0.2) is 0 Å². The number of nitrogens with one attached hydrogen (secondary N) is 1. The predicted molar refractivity (Wildman–Crippen MR) is 64.3 cm³/mol. The number of carbonyl (C=O) groups is 1. The second kappa shape index (κ2) is 6.85. The summed E-state index contributed by atoms with van der Waals surface area (Å²) in [6.07, 6.45) is 1.82. The largest absolute Gasteiger partial charge is 0.481 e. The quantitative estimate of drug-likeness (QED) is 0.479. The number of carboxylic acids is 1. The van der Waals surface area contributed by atoms with E-state index in [2.05, 4.69) is 5.32 Å².